The van der Waals surface area contributed by atoms with E-state index in [9.17, 15) is 13.2 Å². The molecule has 2 aromatic rings. The second-order valence-electron chi connectivity index (χ2n) is 3.55. The van der Waals surface area contributed by atoms with Gasteiger partial charge >= 0.3 is 13.3 Å². The van der Waals surface area contributed by atoms with Crippen LogP contribution in [0.3, 0.4) is 0 Å². The van der Waals surface area contributed by atoms with Crippen molar-refractivity contribution in [1.82, 2.24) is 4.98 Å². The maximum absolute atomic E-state index is 12.4. The van der Waals surface area contributed by atoms with E-state index in [1.165, 1.54) is 18.2 Å². The molecule has 88 valence electrons. The molecule has 0 bridgehead atoms. The average Bonchev–Trinajstić information content (AvgIpc) is 2.26. The summed E-state index contributed by atoms with van der Waals surface area (Å²) in [6, 6.07) is 5.01. The van der Waals surface area contributed by atoms with Gasteiger partial charge in [-0.1, -0.05) is 12.1 Å². The van der Waals surface area contributed by atoms with Crippen molar-refractivity contribution >= 4 is 23.5 Å². The second-order valence-corrected chi connectivity index (χ2v) is 3.55. The third kappa shape index (κ3) is 2.40. The van der Waals surface area contributed by atoms with Gasteiger partial charge in [0.1, 0.15) is 0 Å². The summed E-state index contributed by atoms with van der Waals surface area (Å²) in [7, 11) is -1.66. The monoisotopic (exact) mass is 241 g/mol. The van der Waals surface area contributed by atoms with Crippen molar-refractivity contribution in [2.75, 3.05) is 0 Å². The van der Waals surface area contributed by atoms with E-state index >= 15 is 0 Å². The average molecular weight is 241 g/mol. The zero-order valence-electron chi connectivity index (χ0n) is 8.44. The van der Waals surface area contributed by atoms with Crippen molar-refractivity contribution in [2.24, 2.45) is 0 Å². The van der Waals surface area contributed by atoms with Crippen molar-refractivity contribution in [3.63, 3.8) is 0 Å². The Labute approximate surface area is 94.7 Å². The van der Waals surface area contributed by atoms with Gasteiger partial charge in [0.05, 0.1) is 11.1 Å². The van der Waals surface area contributed by atoms with Crippen LogP contribution in [0.25, 0.3) is 10.9 Å². The summed E-state index contributed by atoms with van der Waals surface area (Å²) in [5.41, 5.74) is -0.365. The minimum absolute atomic E-state index is 0.185. The summed E-state index contributed by atoms with van der Waals surface area (Å²) in [6.45, 7) is 0. The Bertz CT molecular complexity index is 557. The van der Waals surface area contributed by atoms with E-state index in [0.717, 1.165) is 12.3 Å². The van der Waals surface area contributed by atoms with Gasteiger partial charge in [-0.05, 0) is 17.6 Å². The third-order valence-corrected chi connectivity index (χ3v) is 2.33. The molecular formula is C10H7BF3NO2. The number of rotatable bonds is 1. The van der Waals surface area contributed by atoms with E-state index < -0.39 is 18.9 Å². The Morgan fingerprint density at radius 3 is 2.41 bits per heavy atom. The molecule has 1 aromatic carbocycles. The summed E-state index contributed by atoms with van der Waals surface area (Å²) >= 11 is 0. The molecule has 0 fully saturated rings. The highest BCUT2D eigenvalue weighted by Crippen LogP contribution is 2.30. The van der Waals surface area contributed by atoms with Crippen LogP contribution in [0.4, 0.5) is 13.2 Å². The van der Waals surface area contributed by atoms with Gasteiger partial charge in [-0.25, -0.2) is 0 Å². The molecule has 1 aromatic heterocycles. The van der Waals surface area contributed by atoms with Gasteiger partial charge in [0.15, 0.2) is 0 Å². The zero-order chi connectivity index (χ0) is 12.6. The number of benzene rings is 1. The quantitative estimate of drug-likeness (QED) is 0.730. The van der Waals surface area contributed by atoms with E-state index in [0.29, 0.717) is 5.39 Å². The fourth-order valence-corrected chi connectivity index (χ4v) is 1.45. The van der Waals surface area contributed by atoms with Crippen LogP contribution < -0.4 is 5.46 Å². The Morgan fingerprint density at radius 1 is 1.12 bits per heavy atom. The normalized spacial score (nSPS) is 11.8. The summed E-state index contributed by atoms with van der Waals surface area (Å²) in [6.07, 6.45) is -3.72. The van der Waals surface area contributed by atoms with Crippen molar-refractivity contribution in [3.05, 3.63) is 36.0 Å². The predicted molar refractivity (Wildman–Crippen MR) is 56.6 cm³/mol. The van der Waals surface area contributed by atoms with Crippen molar-refractivity contribution in [1.29, 1.82) is 0 Å². The van der Waals surface area contributed by atoms with Crippen LogP contribution in [0.5, 0.6) is 0 Å². The minimum Gasteiger partial charge on any atom is -0.423 e. The molecule has 0 spiro atoms. The lowest BCUT2D eigenvalue weighted by atomic mass is 9.80. The summed E-state index contributed by atoms with van der Waals surface area (Å²) < 4.78 is 37.2. The lowest BCUT2D eigenvalue weighted by Gasteiger charge is -2.07. The van der Waals surface area contributed by atoms with Crippen molar-refractivity contribution in [2.45, 2.75) is 6.18 Å². The largest absolute Gasteiger partial charge is 0.488 e. The molecule has 0 saturated carbocycles. The highest BCUT2D eigenvalue weighted by atomic mass is 19.4. The van der Waals surface area contributed by atoms with E-state index in [1.807, 2.05) is 0 Å². The fourth-order valence-electron chi connectivity index (χ4n) is 1.45. The molecule has 2 rings (SSSR count). The lowest BCUT2D eigenvalue weighted by Crippen LogP contribution is -2.29. The Balaban J connectivity index is 2.54. The smallest absolute Gasteiger partial charge is 0.423 e. The minimum atomic E-state index is -4.43. The molecule has 0 aliphatic rings. The maximum atomic E-state index is 12.4. The molecule has 0 radical (unpaired) electrons. The highest BCUT2D eigenvalue weighted by Gasteiger charge is 2.31. The topological polar surface area (TPSA) is 53.4 Å². The first-order valence-electron chi connectivity index (χ1n) is 4.71. The standard InChI is InChI=1S/C10H7BF3NO2/c12-10(13,14)7-3-6-1-2-8(11(16)17)4-9(6)15-5-7/h1-5,16-17H. The summed E-state index contributed by atoms with van der Waals surface area (Å²) in [5.74, 6) is 0. The number of alkyl halides is 3. The van der Waals surface area contributed by atoms with E-state index in [4.69, 9.17) is 10.0 Å². The molecule has 17 heavy (non-hydrogen) atoms. The molecule has 0 unspecified atom stereocenters. The van der Waals surface area contributed by atoms with E-state index in [2.05, 4.69) is 4.98 Å². The molecule has 0 aliphatic carbocycles. The molecule has 1 heterocycles. The first-order chi connectivity index (χ1) is 7.88. The highest BCUT2D eigenvalue weighted by molar-refractivity contribution is 6.58. The van der Waals surface area contributed by atoms with E-state index in [1.54, 1.807) is 0 Å². The van der Waals surface area contributed by atoms with Crippen molar-refractivity contribution < 1.29 is 23.2 Å². The third-order valence-electron chi connectivity index (χ3n) is 2.33. The van der Waals surface area contributed by atoms with Gasteiger partial charge in [-0.2, -0.15) is 13.2 Å². The van der Waals surface area contributed by atoms with Gasteiger partial charge in [0, 0.05) is 11.6 Å². The summed E-state index contributed by atoms with van der Waals surface area (Å²) in [5, 5.41) is 18.1. The van der Waals surface area contributed by atoms with Gasteiger partial charge in [-0.15, -0.1) is 0 Å². The van der Waals surface area contributed by atoms with E-state index in [-0.39, 0.29) is 11.0 Å². The fraction of sp³-hybridized carbons (Fsp3) is 0.100. The summed E-state index contributed by atoms with van der Waals surface area (Å²) in [4.78, 5) is 3.65. The molecule has 0 aliphatic heterocycles. The van der Waals surface area contributed by atoms with Crippen LogP contribution in [0.2, 0.25) is 0 Å². The first kappa shape index (κ1) is 11.9. The predicted octanol–water partition coefficient (Wildman–Crippen LogP) is 0.933. The Hall–Kier alpha value is -1.60. The van der Waals surface area contributed by atoms with Gasteiger partial charge in [0.2, 0.25) is 0 Å². The molecule has 7 heteroatoms. The maximum Gasteiger partial charge on any atom is 0.488 e. The van der Waals surface area contributed by atoms with Crippen LogP contribution >= 0.6 is 0 Å². The Morgan fingerprint density at radius 2 is 1.82 bits per heavy atom. The SMILES string of the molecule is OB(O)c1ccc2cc(C(F)(F)F)cnc2c1. The second kappa shape index (κ2) is 4.01. The molecule has 2 N–H and O–H groups in total. The van der Waals surface area contributed by atoms with Gasteiger partial charge in [-0.3, -0.25) is 4.98 Å². The molecule has 0 amide bonds. The zero-order valence-corrected chi connectivity index (χ0v) is 8.44. The van der Waals surface area contributed by atoms with Crippen molar-refractivity contribution in [3.8, 4) is 0 Å². The molecule has 3 nitrogen and oxygen atoms in total. The first-order valence-corrected chi connectivity index (χ1v) is 4.71. The van der Waals surface area contributed by atoms with Crippen LogP contribution in [-0.2, 0) is 6.18 Å². The number of hydrogen-bond acceptors (Lipinski definition) is 3. The molecule has 0 saturated heterocycles. The number of fused-ring (bicyclic) bond motifs is 1. The number of pyridine rings is 1. The van der Waals surface area contributed by atoms with Gasteiger partial charge < -0.3 is 10.0 Å². The lowest BCUT2D eigenvalue weighted by molar-refractivity contribution is -0.137. The van der Waals surface area contributed by atoms with Crippen LogP contribution in [0.1, 0.15) is 5.56 Å². The molecular weight excluding hydrogens is 234 g/mol. The van der Waals surface area contributed by atoms with Crippen LogP contribution in [0, 0.1) is 0 Å². The Kier molecular flexibility index (Phi) is 2.80. The number of aromatic nitrogens is 1. The number of halogens is 3. The number of nitrogens with zero attached hydrogens (tertiary/aromatic N) is 1. The van der Waals surface area contributed by atoms with Crippen LogP contribution in [-0.4, -0.2) is 22.2 Å². The number of hydrogen-bond donors (Lipinski definition) is 2. The van der Waals surface area contributed by atoms with Crippen LogP contribution in [0.15, 0.2) is 30.5 Å². The molecule has 0 atom stereocenters. The van der Waals surface area contributed by atoms with Gasteiger partial charge in [0.25, 0.3) is 0 Å².